The summed E-state index contributed by atoms with van der Waals surface area (Å²) in [7, 11) is 6.30. The quantitative estimate of drug-likeness (QED) is 0.569. The number of allylic oxidation sites excluding steroid dienone is 1. The van der Waals surface area contributed by atoms with Crippen LogP contribution in [0.1, 0.15) is 19.8 Å². The van der Waals surface area contributed by atoms with Crippen LogP contribution in [0.4, 0.5) is 0 Å². The van der Waals surface area contributed by atoms with E-state index in [0.717, 1.165) is 17.4 Å². The molecule has 0 aliphatic heterocycles. The summed E-state index contributed by atoms with van der Waals surface area (Å²) in [6.07, 6.45) is 1.56. The van der Waals surface area contributed by atoms with Crippen LogP contribution in [0.15, 0.2) is 10.6 Å². The topological polar surface area (TPSA) is 37.3 Å². The van der Waals surface area contributed by atoms with Crippen LogP contribution in [0.25, 0.3) is 0 Å². The van der Waals surface area contributed by atoms with E-state index in [-0.39, 0.29) is 5.57 Å². The van der Waals surface area contributed by atoms with Crippen molar-refractivity contribution in [3.05, 3.63) is 10.6 Å². The first-order chi connectivity index (χ1) is 6.24. The highest BCUT2D eigenvalue weighted by Crippen LogP contribution is 2.16. The third-order valence-electron chi connectivity index (χ3n) is 1.95. The number of hydrogen-bond acceptors (Lipinski definition) is 1. The maximum absolute atomic E-state index is 10.6. The molecule has 0 aromatic heterocycles. The lowest BCUT2D eigenvalue weighted by Gasteiger charge is -2.23. The molecular weight excluding hydrogens is 202 g/mol. The van der Waals surface area contributed by atoms with Crippen LogP contribution in [0, 0.1) is 0 Å². The predicted octanol–water partition coefficient (Wildman–Crippen LogP) is 2.07. The first-order valence-electron chi connectivity index (χ1n) is 4.63. The summed E-state index contributed by atoms with van der Waals surface area (Å²) in [6.45, 7) is 2.53. The Hall–Kier alpha value is -0.540. The fourth-order valence-corrected chi connectivity index (χ4v) is 1.23. The summed E-state index contributed by atoms with van der Waals surface area (Å²) in [5.74, 6) is -0.930. The van der Waals surface area contributed by atoms with Gasteiger partial charge in [0.25, 0.3) is 0 Å². The first-order valence-corrected chi connectivity index (χ1v) is 5.01. The van der Waals surface area contributed by atoms with Crippen LogP contribution in [0.2, 0.25) is 0 Å². The van der Waals surface area contributed by atoms with Crippen LogP contribution in [0.5, 0.6) is 0 Å². The number of aliphatic carboxylic acids is 1. The zero-order chi connectivity index (χ0) is 11.4. The van der Waals surface area contributed by atoms with E-state index in [2.05, 4.69) is 21.1 Å². The maximum atomic E-state index is 10.6. The van der Waals surface area contributed by atoms with Crippen LogP contribution >= 0.6 is 11.6 Å². The Labute approximate surface area is 90.6 Å². The van der Waals surface area contributed by atoms with Crippen LogP contribution in [-0.4, -0.2) is 43.2 Å². The minimum Gasteiger partial charge on any atom is -0.478 e. The fourth-order valence-electron chi connectivity index (χ4n) is 1.01. The first kappa shape index (κ1) is 13.5. The molecule has 0 saturated heterocycles. The molecule has 0 unspecified atom stereocenters. The number of rotatable bonds is 5. The molecular formula is C10H19ClNO2+. The number of nitrogens with zero attached hydrogens (tertiary/aromatic N) is 1. The minimum atomic E-state index is -0.930. The van der Waals surface area contributed by atoms with Gasteiger partial charge in [-0.3, -0.25) is 0 Å². The molecule has 0 aliphatic rings. The van der Waals surface area contributed by atoms with Gasteiger partial charge >= 0.3 is 5.97 Å². The molecule has 4 heteroatoms. The van der Waals surface area contributed by atoms with Crippen LogP contribution in [0.3, 0.4) is 0 Å². The molecule has 0 rings (SSSR count). The lowest BCUT2D eigenvalue weighted by molar-refractivity contribution is -0.870. The Balaban J connectivity index is 4.03. The number of carbonyl (C=O) groups is 1. The maximum Gasteiger partial charge on any atom is 0.332 e. The molecule has 0 saturated carbocycles. The lowest BCUT2D eigenvalue weighted by Crippen LogP contribution is -2.35. The molecule has 0 fully saturated rings. The zero-order valence-electron chi connectivity index (χ0n) is 9.30. The fraction of sp³-hybridized carbons (Fsp3) is 0.700. The SMILES string of the molecule is CC(C(=O)O)=C(Cl)CCC[N+](C)(C)C. The zero-order valence-corrected chi connectivity index (χ0v) is 10.1. The van der Waals surface area contributed by atoms with Crippen molar-refractivity contribution in [3.63, 3.8) is 0 Å². The van der Waals surface area contributed by atoms with E-state index < -0.39 is 5.97 Å². The highest BCUT2D eigenvalue weighted by atomic mass is 35.5. The van der Waals surface area contributed by atoms with E-state index in [0.29, 0.717) is 11.5 Å². The number of halogens is 1. The molecule has 0 radical (unpaired) electrons. The third kappa shape index (κ3) is 6.00. The highest BCUT2D eigenvalue weighted by molar-refractivity contribution is 6.31. The van der Waals surface area contributed by atoms with Gasteiger partial charge in [-0.2, -0.15) is 0 Å². The molecule has 0 spiro atoms. The molecule has 82 valence electrons. The van der Waals surface area contributed by atoms with Crippen molar-refractivity contribution in [1.29, 1.82) is 0 Å². The molecule has 0 heterocycles. The Morgan fingerprint density at radius 1 is 1.36 bits per heavy atom. The summed E-state index contributed by atoms with van der Waals surface area (Å²) < 4.78 is 0.871. The largest absolute Gasteiger partial charge is 0.478 e. The van der Waals surface area contributed by atoms with Crippen LogP contribution in [-0.2, 0) is 4.79 Å². The van der Waals surface area contributed by atoms with E-state index in [4.69, 9.17) is 16.7 Å². The molecule has 0 aromatic carbocycles. The molecule has 0 aliphatic carbocycles. The van der Waals surface area contributed by atoms with Gasteiger partial charge in [0.05, 0.1) is 27.7 Å². The molecule has 3 nitrogen and oxygen atoms in total. The second kappa shape index (κ2) is 5.37. The number of carboxylic acids is 1. The molecule has 0 bridgehead atoms. The summed E-state index contributed by atoms with van der Waals surface area (Å²) in [4.78, 5) is 10.6. The van der Waals surface area contributed by atoms with Crippen molar-refractivity contribution in [1.82, 2.24) is 0 Å². The van der Waals surface area contributed by atoms with Crippen molar-refractivity contribution >= 4 is 17.6 Å². The predicted molar refractivity (Wildman–Crippen MR) is 58.3 cm³/mol. The standard InChI is InChI=1S/C10H18ClNO2/c1-8(10(13)14)9(11)6-5-7-12(2,3)4/h5-7H2,1-4H3/p+1. The van der Waals surface area contributed by atoms with Crippen LogP contribution < -0.4 is 0 Å². The van der Waals surface area contributed by atoms with Crippen molar-refractivity contribution in [2.75, 3.05) is 27.7 Å². The van der Waals surface area contributed by atoms with Gasteiger partial charge in [0.2, 0.25) is 0 Å². The van der Waals surface area contributed by atoms with E-state index >= 15 is 0 Å². The van der Waals surface area contributed by atoms with Crippen molar-refractivity contribution in [2.24, 2.45) is 0 Å². The smallest absolute Gasteiger partial charge is 0.332 e. The van der Waals surface area contributed by atoms with E-state index in [9.17, 15) is 4.79 Å². The van der Waals surface area contributed by atoms with Gasteiger partial charge in [-0.1, -0.05) is 11.6 Å². The monoisotopic (exact) mass is 220 g/mol. The van der Waals surface area contributed by atoms with Crippen molar-refractivity contribution in [3.8, 4) is 0 Å². The number of hydrogen-bond donors (Lipinski definition) is 1. The third-order valence-corrected chi connectivity index (χ3v) is 2.43. The normalized spacial score (nSPS) is 13.8. The summed E-state index contributed by atoms with van der Waals surface area (Å²) in [6, 6.07) is 0. The molecule has 0 amide bonds. The Morgan fingerprint density at radius 2 is 1.86 bits per heavy atom. The summed E-state index contributed by atoms with van der Waals surface area (Å²) in [5, 5.41) is 9.13. The number of carboxylic acid groups (broad SMARTS) is 1. The van der Waals surface area contributed by atoms with Gasteiger partial charge in [0.1, 0.15) is 0 Å². The average Bonchev–Trinajstić information content (AvgIpc) is 2.00. The van der Waals surface area contributed by atoms with Gasteiger partial charge in [-0.15, -0.1) is 0 Å². The Bertz CT molecular complexity index is 241. The minimum absolute atomic E-state index is 0.257. The highest BCUT2D eigenvalue weighted by Gasteiger charge is 2.10. The second-order valence-corrected chi connectivity index (χ2v) is 4.91. The van der Waals surface area contributed by atoms with E-state index in [1.807, 2.05) is 0 Å². The van der Waals surface area contributed by atoms with Gasteiger partial charge in [0.15, 0.2) is 0 Å². The van der Waals surface area contributed by atoms with Gasteiger partial charge in [0, 0.05) is 17.0 Å². The van der Waals surface area contributed by atoms with Gasteiger partial charge < -0.3 is 9.59 Å². The Morgan fingerprint density at radius 3 is 2.21 bits per heavy atom. The Kier molecular flexibility index (Phi) is 5.16. The summed E-state index contributed by atoms with van der Waals surface area (Å²) >= 11 is 5.85. The molecule has 0 aromatic rings. The molecule has 14 heavy (non-hydrogen) atoms. The van der Waals surface area contributed by atoms with Gasteiger partial charge in [-0.05, 0) is 13.3 Å². The average molecular weight is 221 g/mol. The summed E-state index contributed by atoms with van der Waals surface area (Å²) in [5.41, 5.74) is 0.257. The number of quaternary nitrogens is 1. The van der Waals surface area contributed by atoms with E-state index in [1.54, 1.807) is 0 Å². The second-order valence-electron chi connectivity index (χ2n) is 4.45. The lowest BCUT2D eigenvalue weighted by atomic mass is 10.2. The van der Waals surface area contributed by atoms with Gasteiger partial charge in [-0.25, -0.2) is 4.79 Å². The van der Waals surface area contributed by atoms with Crippen molar-refractivity contribution < 1.29 is 14.4 Å². The van der Waals surface area contributed by atoms with Crippen molar-refractivity contribution in [2.45, 2.75) is 19.8 Å². The molecule has 0 atom stereocenters. The van der Waals surface area contributed by atoms with E-state index in [1.165, 1.54) is 6.92 Å². The molecule has 1 N–H and O–H groups in total.